The zero-order valence-electron chi connectivity index (χ0n) is 21.6. The van der Waals surface area contributed by atoms with Gasteiger partial charge >= 0.3 is 0 Å². The van der Waals surface area contributed by atoms with Gasteiger partial charge in [-0.15, -0.1) is 0 Å². The molecule has 1 aliphatic heterocycles. The molecule has 0 aromatic heterocycles. The number of carbonyl (C=O) groups excluding carboxylic acids is 2. The summed E-state index contributed by atoms with van der Waals surface area (Å²) in [5, 5.41) is 8.47. The largest absolute Gasteiger partial charge is 0.495 e. The summed E-state index contributed by atoms with van der Waals surface area (Å²) in [5.74, 6) is 0.0850. The Labute approximate surface area is 251 Å². The van der Waals surface area contributed by atoms with Crippen LogP contribution in [0.5, 0.6) is 5.75 Å². The van der Waals surface area contributed by atoms with E-state index in [2.05, 4.69) is 31.5 Å². The molecule has 1 saturated heterocycles. The Morgan fingerprint density at radius 2 is 1.62 bits per heavy atom. The molecule has 0 aliphatic carbocycles. The first-order valence-electron chi connectivity index (χ1n) is 12.6. The molecular weight excluding hydrogens is 612 g/mol. The topological polar surface area (TPSA) is 73.9 Å². The van der Waals surface area contributed by atoms with Crippen LogP contribution in [0.1, 0.15) is 20.7 Å². The predicted molar refractivity (Wildman–Crippen MR) is 168 cm³/mol. The van der Waals surface area contributed by atoms with E-state index in [0.29, 0.717) is 39.5 Å². The van der Waals surface area contributed by atoms with Crippen LogP contribution in [0.4, 0.5) is 11.4 Å². The van der Waals surface area contributed by atoms with Crippen LogP contribution in [-0.2, 0) is 0 Å². The van der Waals surface area contributed by atoms with Crippen LogP contribution in [0.25, 0.3) is 10.8 Å². The van der Waals surface area contributed by atoms with Gasteiger partial charge in [0, 0.05) is 48.1 Å². The average molecular weight is 638 g/mol. The maximum atomic E-state index is 13.1. The fourth-order valence-electron chi connectivity index (χ4n) is 4.68. The Kier molecular flexibility index (Phi) is 8.54. The molecule has 0 spiro atoms. The molecule has 0 saturated carbocycles. The Morgan fingerprint density at radius 1 is 0.950 bits per heavy atom. The first-order chi connectivity index (χ1) is 19.3. The molecule has 204 valence electrons. The lowest BCUT2D eigenvalue weighted by molar-refractivity contribution is 0.0746. The Bertz CT molecular complexity index is 1570. The van der Waals surface area contributed by atoms with Crippen LogP contribution in [0.15, 0.2) is 83.3 Å². The fraction of sp³-hybridized carbons (Fsp3) is 0.167. The number of rotatable bonds is 5. The van der Waals surface area contributed by atoms with Crippen LogP contribution in [0.2, 0.25) is 5.02 Å². The lowest BCUT2D eigenvalue weighted by atomic mass is 10.1. The maximum absolute atomic E-state index is 13.1. The third kappa shape index (κ3) is 6.06. The summed E-state index contributed by atoms with van der Waals surface area (Å²) in [5.41, 5.74) is 2.81. The van der Waals surface area contributed by atoms with Crippen molar-refractivity contribution < 1.29 is 14.3 Å². The van der Waals surface area contributed by atoms with Gasteiger partial charge in [-0.25, -0.2) is 0 Å². The highest BCUT2D eigenvalue weighted by Crippen LogP contribution is 2.36. The summed E-state index contributed by atoms with van der Waals surface area (Å²) in [6, 6.07) is 24.3. The maximum Gasteiger partial charge on any atom is 0.261 e. The summed E-state index contributed by atoms with van der Waals surface area (Å²) in [6.45, 7) is 2.71. The van der Waals surface area contributed by atoms with E-state index in [1.54, 1.807) is 30.3 Å². The molecule has 5 rings (SSSR count). The number of ether oxygens (including phenoxy) is 1. The lowest BCUT2D eigenvalue weighted by Gasteiger charge is -2.36. The van der Waals surface area contributed by atoms with Crippen molar-refractivity contribution in [2.75, 3.05) is 43.5 Å². The molecule has 10 heteroatoms. The van der Waals surface area contributed by atoms with Gasteiger partial charge in [-0.2, -0.15) is 0 Å². The van der Waals surface area contributed by atoms with Gasteiger partial charge in [0.05, 0.1) is 17.1 Å². The summed E-state index contributed by atoms with van der Waals surface area (Å²) in [7, 11) is 1.53. The van der Waals surface area contributed by atoms with E-state index in [0.717, 1.165) is 35.2 Å². The first-order valence-corrected chi connectivity index (χ1v) is 14.2. The number of methoxy groups -OCH3 is 1. The quantitative estimate of drug-likeness (QED) is 0.249. The molecule has 1 aliphatic rings. The highest BCUT2D eigenvalue weighted by molar-refractivity contribution is 9.10. The number of nitrogens with zero attached hydrogens (tertiary/aromatic N) is 2. The van der Waals surface area contributed by atoms with Gasteiger partial charge in [0.2, 0.25) is 0 Å². The second-order valence-electron chi connectivity index (χ2n) is 9.23. The zero-order valence-corrected chi connectivity index (χ0v) is 24.8. The molecular formula is C30H26BrClN4O3S. The van der Waals surface area contributed by atoms with Gasteiger partial charge in [0.1, 0.15) is 5.75 Å². The van der Waals surface area contributed by atoms with Gasteiger partial charge < -0.3 is 19.9 Å². The number of benzene rings is 4. The highest BCUT2D eigenvalue weighted by Gasteiger charge is 2.23. The van der Waals surface area contributed by atoms with Crippen molar-refractivity contribution in [1.82, 2.24) is 10.2 Å². The van der Waals surface area contributed by atoms with Crippen LogP contribution in [0, 0.1) is 0 Å². The Morgan fingerprint density at radius 3 is 2.30 bits per heavy atom. The number of hydrogen-bond acceptors (Lipinski definition) is 5. The summed E-state index contributed by atoms with van der Waals surface area (Å²) < 4.78 is 6.23. The number of carbonyl (C=O) groups is 2. The molecule has 1 fully saturated rings. The van der Waals surface area contributed by atoms with E-state index in [1.807, 2.05) is 53.4 Å². The SMILES string of the molecule is COc1c(C(=O)NC(=S)Nc2ccc(N3CCN(C(=O)c4ccc(Cl)cc4)CC3)cc2)cc2ccccc2c1Br. The van der Waals surface area contributed by atoms with Crippen molar-refractivity contribution in [3.8, 4) is 5.75 Å². The van der Waals surface area contributed by atoms with Crippen molar-refractivity contribution in [3.05, 3.63) is 99.5 Å². The zero-order chi connectivity index (χ0) is 28.2. The third-order valence-corrected chi connectivity index (χ3v) is 8.01. The molecule has 0 bridgehead atoms. The molecule has 0 atom stereocenters. The molecule has 4 aromatic rings. The van der Waals surface area contributed by atoms with Crippen LogP contribution >= 0.6 is 39.7 Å². The normalized spacial score (nSPS) is 13.2. The molecule has 0 radical (unpaired) electrons. The van der Waals surface area contributed by atoms with Crippen LogP contribution in [-0.4, -0.2) is 55.1 Å². The van der Waals surface area contributed by atoms with Crippen molar-refractivity contribution >= 4 is 78.8 Å². The van der Waals surface area contributed by atoms with Crippen molar-refractivity contribution in [1.29, 1.82) is 0 Å². The van der Waals surface area contributed by atoms with E-state index in [1.165, 1.54) is 7.11 Å². The molecule has 2 amide bonds. The van der Waals surface area contributed by atoms with E-state index >= 15 is 0 Å². The number of halogens is 2. The van der Waals surface area contributed by atoms with Crippen LogP contribution < -0.4 is 20.3 Å². The lowest BCUT2D eigenvalue weighted by Crippen LogP contribution is -2.48. The number of fused-ring (bicyclic) bond motifs is 1. The number of piperazine rings is 1. The van der Waals surface area contributed by atoms with Gasteiger partial charge in [-0.1, -0.05) is 35.9 Å². The van der Waals surface area contributed by atoms with E-state index in [-0.39, 0.29) is 16.9 Å². The summed E-state index contributed by atoms with van der Waals surface area (Å²) in [6.07, 6.45) is 0. The molecule has 4 aromatic carbocycles. The van der Waals surface area contributed by atoms with E-state index < -0.39 is 0 Å². The summed E-state index contributed by atoms with van der Waals surface area (Å²) >= 11 is 14.9. The number of hydrogen-bond donors (Lipinski definition) is 2. The molecule has 40 heavy (non-hydrogen) atoms. The van der Waals surface area contributed by atoms with Crippen molar-refractivity contribution in [2.24, 2.45) is 0 Å². The van der Waals surface area contributed by atoms with E-state index in [4.69, 9.17) is 28.6 Å². The van der Waals surface area contributed by atoms with Crippen LogP contribution in [0.3, 0.4) is 0 Å². The van der Waals surface area contributed by atoms with Gasteiger partial charge in [-0.05, 0) is 93.5 Å². The Balaban J connectivity index is 1.17. The second kappa shape index (κ2) is 12.2. The minimum absolute atomic E-state index is 0.0140. The fourth-order valence-corrected chi connectivity index (χ4v) is 5.76. The van der Waals surface area contributed by atoms with Gasteiger partial charge in [-0.3, -0.25) is 14.9 Å². The molecule has 1 heterocycles. The van der Waals surface area contributed by atoms with E-state index in [9.17, 15) is 9.59 Å². The number of nitrogens with one attached hydrogen (secondary N) is 2. The second-order valence-corrected chi connectivity index (χ2v) is 10.9. The molecule has 7 nitrogen and oxygen atoms in total. The monoisotopic (exact) mass is 636 g/mol. The average Bonchev–Trinajstić information content (AvgIpc) is 2.97. The number of amides is 2. The van der Waals surface area contributed by atoms with Gasteiger partial charge in [0.15, 0.2) is 5.11 Å². The first kappa shape index (κ1) is 27.9. The number of anilines is 2. The predicted octanol–water partition coefficient (Wildman–Crippen LogP) is 6.35. The highest BCUT2D eigenvalue weighted by atomic mass is 79.9. The minimum atomic E-state index is -0.372. The Hall–Kier alpha value is -3.66. The smallest absolute Gasteiger partial charge is 0.261 e. The molecule has 2 N–H and O–H groups in total. The van der Waals surface area contributed by atoms with Crippen molar-refractivity contribution in [2.45, 2.75) is 0 Å². The van der Waals surface area contributed by atoms with Crippen molar-refractivity contribution in [3.63, 3.8) is 0 Å². The van der Waals surface area contributed by atoms with Gasteiger partial charge in [0.25, 0.3) is 11.8 Å². The minimum Gasteiger partial charge on any atom is -0.495 e. The summed E-state index contributed by atoms with van der Waals surface area (Å²) in [4.78, 5) is 30.0. The standard InChI is InChI=1S/C30H26BrClN4O3S/c1-39-27-25(18-20-4-2-3-5-24(20)26(27)31)28(37)34-30(40)33-22-10-12-23(13-11-22)35-14-16-36(17-15-35)29(38)19-6-8-21(32)9-7-19/h2-13,18H,14-17H2,1H3,(H2,33,34,37,40). The molecule has 0 unspecified atom stereocenters. The number of thiocarbonyl (C=S) groups is 1. The third-order valence-electron chi connectivity index (χ3n) is 6.77.